The summed E-state index contributed by atoms with van der Waals surface area (Å²) in [6, 6.07) is 2.03. The molecular formula is C10H16N6. The van der Waals surface area contributed by atoms with Gasteiger partial charge >= 0.3 is 0 Å². The molecule has 0 atom stereocenters. The third kappa shape index (κ3) is 2.66. The molecular weight excluding hydrogens is 204 g/mol. The predicted octanol–water partition coefficient (Wildman–Crippen LogP) is -0.119. The molecule has 2 rings (SSSR count). The molecule has 1 N–H and O–H groups in total. The van der Waals surface area contributed by atoms with E-state index in [1.165, 1.54) is 5.69 Å². The maximum absolute atomic E-state index is 4.19. The minimum Gasteiger partial charge on any atom is -0.309 e. The third-order valence-electron chi connectivity index (χ3n) is 2.41. The van der Waals surface area contributed by atoms with E-state index < -0.39 is 0 Å². The van der Waals surface area contributed by atoms with Crippen molar-refractivity contribution in [1.82, 2.24) is 29.9 Å². The predicted molar refractivity (Wildman–Crippen MR) is 59.6 cm³/mol. The first kappa shape index (κ1) is 10.8. The molecule has 0 bridgehead atoms. The van der Waals surface area contributed by atoms with Crippen LogP contribution in [0.15, 0.2) is 18.6 Å². The van der Waals surface area contributed by atoms with Gasteiger partial charge < -0.3 is 5.32 Å². The van der Waals surface area contributed by atoms with Crippen molar-refractivity contribution in [3.8, 4) is 0 Å². The van der Waals surface area contributed by atoms with E-state index in [1.807, 2.05) is 31.0 Å². The third-order valence-corrected chi connectivity index (χ3v) is 2.41. The zero-order valence-electron chi connectivity index (χ0n) is 9.59. The largest absolute Gasteiger partial charge is 0.309 e. The molecule has 6 nitrogen and oxygen atoms in total. The van der Waals surface area contributed by atoms with Crippen molar-refractivity contribution < 1.29 is 0 Å². The lowest BCUT2D eigenvalue weighted by molar-refractivity contribution is 0.622. The number of rotatable bonds is 5. The highest BCUT2D eigenvalue weighted by molar-refractivity contribution is 5.00. The summed E-state index contributed by atoms with van der Waals surface area (Å²) in [7, 11) is 3.82. The first-order chi connectivity index (χ1) is 7.75. The Bertz CT molecular complexity index is 444. The average molecular weight is 220 g/mol. The Hall–Kier alpha value is -1.69. The van der Waals surface area contributed by atoms with Gasteiger partial charge in [-0.1, -0.05) is 0 Å². The van der Waals surface area contributed by atoms with Crippen LogP contribution in [-0.4, -0.2) is 31.1 Å². The highest BCUT2D eigenvalue weighted by atomic mass is 15.3. The second kappa shape index (κ2) is 4.89. The number of aromatic nitrogens is 5. The molecule has 16 heavy (non-hydrogen) atoms. The summed E-state index contributed by atoms with van der Waals surface area (Å²) in [5.41, 5.74) is 1.22. The summed E-state index contributed by atoms with van der Waals surface area (Å²) in [5, 5.41) is 11.6. The van der Waals surface area contributed by atoms with Crippen molar-refractivity contribution in [2.75, 3.05) is 6.54 Å². The van der Waals surface area contributed by atoms with E-state index in [0.29, 0.717) is 6.54 Å². The molecule has 0 fully saturated rings. The van der Waals surface area contributed by atoms with Crippen LogP contribution in [0, 0.1) is 0 Å². The van der Waals surface area contributed by atoms with Gasteiger partial charge in [0.1, 0.15) is 6.33 Å². The summed E-state index contributed by atoms with van der Waals surface area (Å²) in [6.45, 7) is 1.61. The highest BCUT2D eigenvalue weighted by Gasteiger charge is 2.00. The smallest absolute Gasteiger partial charge is 0.164 e. The summed E-state index contributed by atoms with van der Waals surface area (Å²) in [4.78, 5) is 4.14. The lowest BCUT2D eigenvalue weighted by Crippen LogP contribution is -2.18. The molecule has 86 valence electrons. The van der Waals surface area contributed by atoms with Crippen LogP contribution in [0.2, 0.25) is 0 Å². The fourth-order valence-corrected chi connectivity index (χ4v) is 1.53. The van der Waals surface area contributed by atoms with E-state index >= 15 is 0 Å². The summed E-state index contributed by atoms with van der Waals surface area (Å²) in [6.07, 6.45) is 4.48. The zero-order chi connectivity index (χ0) is 11.4. The van der Waals surface area contributed by atoms with Gasteiger partial charge in [0.05, 0.1) is 6.54 Å². The highest BCUT2D eigenvalue weighted by Crippen LogP contribution is 1.96. The minimum atomic E-state index is 0.707. The molecule has 0 saturated carbocycles. The Morgan fingerprint density at radius 1 is 1.38 bits per heavy atom. The molecule has 0 aromatic carbocycles. The average Bonchev–Trinajstić information content (AvgIpc) is 2.83. The lowest BCUT2D eigenvalue weighted by atomic mass is 10.3. The van der Waals surface area contributed by atoms with E-state index in [9.17, 15) is 0 Å². The van der Waals surface area contributed by atoms with Crippen LogP contribution in [0.4, 0.5) is 0 Å². The first-order valence-electron chi connectivity index (χ1n) is 5.28. The SMILES string of the molecule is Cn1cnc(CNCCc2ccnn2C)n1. The summed E-state index contributed by atoms with van der Waals surface area (Å²) < 4.78 is 3.60. The normalized spacial score (nSPS) is 10.9. The topological polar surface area (TPSA) is 60.6 Å². The fraction of sp³-hybridized carbons (Fsp3) is 0.500. The molecule has 6 heteroatoms. The number of nitrogens with zero attached hydrogens (tertiary/aromatic N) is 5. The van der Waals surface area contributed by atoms with E-state index in [0.717, 1.165) is 18.8 Å². The van der Waals surface area contributed by atoms with Crippen molar-refractivity contribution in [2.45, 2.75) is 13.0 Å². The van der Waals surface area contributed by atoms with E-state index in [1.54, 1.807) is 11.0 Å². The lowest BCUT2D eigenvalue weighted by Gasteiger charge is -2.02. The molecule has 2 heterocycles. The van der Waals surface area contributed by atoms with Crippen LogP contribution >= 0.6 is 0 Å². The Balaban J connectivity index is 1.71. The summed E-state index contributed by atoms with van der Waals surface area (Å²) >= 11 is 0. The molecule has 0 saturated heterocycles. The van der Waals surface area contributed by atoms with Gasteiger partial charge in [-0.25, -0.2) is 4.98 Å². The van der Waals surface area contributed by atoms with Crippen LogP contribution in [0.1, 0.15) is 11.5 Å². The van der Waals surface area contributed by atoms with Crippen LogP contribution < -0.4 is 5.32 Å². The molecule has 0 spiro atoms. The Morgan fingerprint density at radius 2 is 2.25 bits per heavy atom. The van der Waals surface area contributed by atoms with Crippen molar-refractivity contribution in [2.24, 2.45) is 14.1 Å². The van der Waals surface area contributed by atoms with E-state index in [2.05, 4.69) is 20.5 Å². The van der Waals surface area contributed by atoms with Gasteiger partial charge in [-0.2, -0.15) is 10.2 Å². The first-order valence-corrected chi connectivity index (χ1v) is 5.28. The number of hydrogen-bond acceptors (Lipinski definition) is 4. The Kier molecular flexibility index (Phi) is 3.31. The standard InChI is InChI=1S/C10H16N6/c1-15-8-12-10(14-15)7-11-5-3-9-4-6-13-16(9)2/h4,6,8,11H,3,5,7H2,1-2H3. The van der Waals surface area contributed by atoms with Gasteiger partial charge in [-0.05, 0) is 6.07 Å². The zero-order valence-corrected chi connectivity index (χ0v) is 9.59. The van der Waals surface area contributed by atoms with E-state index in [4.69, 9.17) is 0 Å². The van der Waals surface area contributed by atoms with Gasteiger partial charge in [0.2, 0.25) is 0 Å². The number of nitrogens with one attached hydrogen (secondary N) is 1. The minimum absolute atomic E-state index is 0.707. The second-order valence-corrected chi connectivity index (χ2v) is 3.71. The molecule has 0 aliphatic rings. The molecule has 0 radical (unpaired) electrons. The van der Waals surface area contributed by atoms with Crippen molar-refractivity contribution in [1.29, 1.82) is 0 Å². The van der Waals surface area contributed by atoms with Gasteiger partial charge in [0.15, 0.2) is 5.82 Å². The summed E-state index contributed by atoms with van der Waals surface area (Å²) in [5.74, 6) is 0.826. The quantitative estimate of drug-likeness (QED) is 0.714. The van der Waals surface area contributed by atoms with E-state index in [-0.39, 0.29) is 0 Å². The van der Waals surface area contributed by atoms with Crippen LogP contribution in [-0.2, 0) is 27.1 Å². The molecule has 2 aromatic heterocycles. The maximum atomic E-state index is 4.19. The van der Waals surface area contributed by atoms with Crippen molar-refractivity contribution in [3.63, 3.8) is 0 Å². The Morgan fingerprint density at radius 3 is 2.88 bits per heavy atom. The van der Waals surface area contributed by atoms with Crippen LogP contribution in [0.5, 0.6) is 0 Å². The van der Waals surface area contributed by atoms with Crippen LogP contribution in [0.3, 0.4) is 0 Å². The maximum Gasteiger partial charge on any atom is 0.164 e. The monoisotopic (exact) mass is 220 g/mol. The number of hydrogen-bond donors (Lipinski definition) is 1. The molecule has 0 unspecified atom stereocenters. The molecule has 0 amide bonds. The van der Waals surface area contributed by atoms with Gasteiger partial charge in [-0.3, -0.25) is 9.36 Å². The van der Waals surface area contributed by atoms with Gasteiger partial charge in [0, 0.05) is 39.0 Å². The van der Waals surface area contributed by atoms with Crippen LogP contribution in [0.25, 0.3) is 0 Å². The van der Waals surface area contributed by atoms with Crippen molar-refractivity contribution >= 4 is 0 Å². The van der Waals surface area contributed by atoms with Crippen molar-refractivity contribution in [3.05, 3.63) is 30.1 Å². The molecule has 0 aliphatic heterocycles. The van der Waals surface area contributed by atoms with Gasteiger partial charge in [0.25, 0.3) is 0 Å². The molecule has 0 aliphatic carbocycles. The second-order valence-electron chi connectivity index (χ2n) is 3.71. The Labute approximate surface area is 94.3 Å². The fourth-order valence-electron chi connectivity index (χ4n) is 1.53. The van der Waals surface area contributed by atoms with Gasteiger partial charge in [-0.15, -0.1) is 0 Å². The molecule has 2 aromatic rings. The number of aryl methyl sites for hydroxylation is 2.